The van der Waals surface area contributed by atoms with Crippen LogP contribution in [0.5, 0.6) is 0 Å². The van der Waals surface area contributed by atoms with Crippen molar-refractivity contribution >= 4 is 7.82 Å². The third-order valence-corrected chi connectivity index (χ3v) is 4.64. The normalized spacial score (nSPS) is 12.9. The smallest absolute Gasteiger partial charge is 0.393 e. The number of hydrogen-bond donors (Lipinski definition) is 1. The number of aliphatic hydroxyl groups excluding tert-OH is 1. The number of aliphatic hydroxyl groups is 1. The topological polar surface area (TPSA) is 65.0 Å². The third-order valence-electron chi connectivity index (χ3n) is 3.25. The van der Waals surface area contributed by atoms with Crippen molar-refractivity contribution in [2.24, 2.45) is 0 Å². The van der Waals surface area contributed by atoms with Gasteiger partial charge in [0, 0.05) is 0 Å². The van der Waals surface area contributed by atoms with E-state index < -0.39 is 13.9 Å². The zero-order valence-electron chi connectivity index (χ0n) is 13.7. The Kier molecular flexibility index (Phi) is 7.63. The number of hydrogen-bond acceptors (Lipinski definition) is 5. The summed E-state index contributed by atoms with van der Waals surface area (Å²) >= 11 is 0. The van der Waals surface area contributed by atoms with Crippen LogP contribution in [0.4, 0.5) is 0 Å². The van der Waals surface area contributed by atoms with Gasteiger partial charge in [0.25, 0.3) is 0 Å². The lowest BCUT2D eigenvalue weighted by Crippen LogP contribution is -2.07. The third kappa shape index (κ3) is 6.95. The van der Waals surface area contributed by atoms with Crippen LogP contribution in [0.25, 0.3) is 0 Å². The van der Waals surface area contributed by atoms with Gasteiger partial charge in [-0.25, -0.2) is 4.57 Å². The van der Waals surface area contributed by atoms with Crippen molar-refractivity contribution in [3.05, 3.63) is 71.8 Å². The second-order valence-electron chi connectivity index (χ2n) is 5.44. The molecule has 0 aliphatic carbocycles. The molecular weight excluding hydrogens is 327 g/mol. The first-order valence-corrected chi connectivity index (χ1v) is 9.33. The minimum atomic E-state index is -3.72. The van der Waals surface area contributed by atoms with Crippen molar-refractivity contribution in [1.29, 1.82) is 0 Å². The van der Waals surface area contributed by atoms with Crippen LogP contribution in [0.1, 0.15) is 24.5 Å². The molecule has 0 saturated heterocycles. The van der Waals surface area contributed by atoms with Crippen LogP contribution in [0.3, 0.4) is 0 Å². The summed E-state index contributed by atoms with van der Waals surface area (Å²) in [6.45, 7) is 1.99. The molecule has 0 aliphatic rings. The van der Waals surface area contributed by atoms with E-state index in [0.29, 0.717) is 6.42 Å². The molecule has 0 radical (unpaired) electrons. The zero-order valence-corrected chi connectivity index (χ0v) is 14.6. The molecule has 0 aliphatic heterocycles. The van der Waals surface area contributed by atoms with Gasteiger partial charge in [-0.2, -0.15) is 0 Å². The predicted octanol–water partition coefficient (Wildman–Crippen LogP) is 4.32. The lowest BCUT2D eigenvalue weighted by molar-refractivity contribution is 0.0870. The van der Waals surface area contributed by atoms with Gasteiger partial charge in [-0.05, 0) is 24.5 Å². The molecule has 0 fully saturated rings. The number of phosphoric acid groups is 1. The van der Waals surface area contributed by atoms with E-state index in [1.807, 2.05) is 60.7 Å². The van der Waals surface area contributed by atoms with Crippen molar-refractivity contribution in [2.75, 3.05) is 6.61 Å². The molecule has 1 atom stereocenters. The van der Waals surface area contributed by atoms with E-state index >= 15 is 0 Å². The highest BCUT2D eigenvalue weighted by Crippen LogP contribution is 2.51. The number of rotatable bonds is 10. The van der Waals surface area contributed by atoms with Crippen LogP contribution in [-0.4, -0.2) is 17.8 Å². The maximum absolute atomic E-state index is 12.8. The van der Waals surface area contributed by atoms with Gasteiger partial charge in [0.05, 0.1) is 25.9 Å². The van der Waals surface area contributed by atoms with E-state index in [9.17, 15) is 9.67 Å². The molecule has 0 saturated carbocycles. The summed E-state index contributed by atoms with van der Waals surface area (Å²) in [5.41, 5.74) is 1.75. The van der Waals surface area contributed by atoms with Crippen LogP contribution in [0, 0.1) is 0 Å². The molecule has 2 aromatic rings. The van der Waals surface area contributed by atoms with Gasteiger partial charge in [0.15, 0.2) is 0 Å². The highest BCUT2D eigenvalue weighted by Gasteiger charge is 2.27. The lowest BCUT2D eigenvalue weighted by Gasteiger charge is -2.18. The molecule has 0 bridgehead atoms. The lowest BCUT2D eigenvalue weighted by atomic mass is 10.2. The molecular formula is C18H23O5P. The van der Waals surface area contributed by atoms with Gasteiger partial charge in [0.2, 0.25) is 0 Å². The molecule has 6 heteroatoms. The molecule has 0 spiro atoms. The van der Waals surface area contributed by atoms with E-state index in [4.69, 9.17) is 13.6 Å². The Morgan fingerprint density at radius 2 is 1.33 bits per heavy atom. The first kappa shape index (κ1) is 18.8. The standard InChI is InChI=1S/C18H23O5P/c1-16(19)12-13-21-24(20,22-14-17-8-4-2-5-9-17)23-15-18-10-6-3-7-11-18/h2-11,16,19H,12-15H2,1H3. The highest BCUT2D eigenvalue weighted by molar-refractivity contribution is 7.48. The van der Waals surface area contributed by atoms with Gasteiger partial charge in [-0.1, -0.05) is 60.7 Å². The highest BCUT2D eigenvalue weighted by atomic mass is 31.2. The van der Waals surface area contributed by atoms with Crippen LogP contribution >= 0.6 is 7.82 Å². The average Bonchev–Trinajstić information content (AvgIpc) is 2.60. The van der Waals surface area contributed by atoms with Gasteiger partial charge in [-0.15, -0.1) is 0 Å². The van der Waals surface area contributed by atoms with Crippen molar-refractivity contribution in [1.82, 2.24) is 0 Å². The Bertz CT molecular complexity index is 583. The van der Waals surface area contributed by atoms with Gasteiger partial charge in [-0.3, -0.25) is 13.6 Å². The quantitative estimate of drug-likeness (QED) is 0.647. The van der Waals surface area contributed by atoms with Gasteiger partial charge in [0.1, 0.15) is 0 Å². The van der Waals surface area contributed by atoms with E-state index in [1.54, 1.807) is 6.92 Å². The molecule has 2 rings (SSSR count). The van der Waals surface area contributed by atoms with Crippen molar-refractivity contribution < 1.29 is 23.2 Å². The van der Waals surface area contributed by atoms with Crippen molar-refractivity contribution in [2.45, 2.75) is 32.7 Å². The average molecular weight is 350 g/mol. The van der Waals surface area contributed by atoms with Crippen LogP contribution in [0.15, 0.2) is 60.7 Å². The van der Waals surface area contributed by atoms with Gasteiger partial charge >= 0.3 is 7.82 Å². The molecule has 0 heterocycles. The molecule has 24 heavy (non-hydrogen) atoms. The molecule has 2 aromatic carbocycles. The maximum Gasteiger partial charge on any atom is 0.475 e. The summed E-state index contributed by atoms with van der Waals surface area (Å²) in [6, 6.07) is 18.8. The van der Waals surface area contributed by atoms with Gasteiger partial charge < -0.3 is 5.11 Å². The van der Waals surface area contributed by atoms with Crippen LogP contribution in [0.2, 0.25) is 0 Å². The zero-order chi connectivity index (χ0) is 17.3. The fourth-order valence-corrected chi connectivity index (χ4v) is 3.07. The number of benzene rings is 2. The first-order valence-electron chi connectivity index (χ1n) is 7.87. The van der Waals surface area contributed by atoms with E-state index in [0.717, 1.165) is 11.1 Å². The molecule has 5 nitrogen and oxygen atoms in total. The van der Waals surface area contributed by atoms with Crippen molar-refractivity contribution in [3.63, 3.8) is 0 Å². The first-order chi connectivity index (χ1) is 11.6. The number of phosphoric ester groups is 1. The molecule has 1 N–H and O–H groups in total. The summed E-state index contributed by atoms with van der Waals surface area (Å²) < 4.78 is 29.0. The predicted molar refractivity (Wildman–Crippen MR) is 92.3 cm³/mol. The Hall–Kier alpha value is -1.49. The summed E-state index contributed by atoms with van der Waals surface area (Å²) in [5.74, 6) is 0. The van der Waals surface area contributed by atoms with E-state index in [1.165, 1.54) is 0 Å². The summed E-state index contributed by atoms with van der Waals surface area (Å²) in [4.78, 5) is 0. The molecule has 0 amide bonds. The largest absolute Gasteiger partial charge is 0.475 e. The fourth-order valence-electron chi connectivity index (χ4n) is 1.90. The monoisotopic (exact) mass is 350 g/mol. The Labute approximate surface area is 142 Å². The Morgan fingerprint density at radius 1 is 0.875 bits per heavy atom. The van der Waals surface area contributed by atoms with Crippen LogP contribution in [-0.2, 0) is 31.4 Å². The Balaban J connectivity index is 1.95. The summed E-state index contributed by atoms with van der Waals surface area (Å²) in [6.07, 6.45) is -0.186. The summed E-state index contributed by atoms with van der Waals surface area (Å²) in [7, 11) is -3.72. The SMILES string of the molecule is CC(O)CCOP(=O)(OCc1ccccc1)OCc1ccccc1. The minimum Gasteiger partial charge on any atom is -0.393 e. The molecule has 130 valence electrons. The molecule has 1 unspecified atom stereocenters. The second kappa shape index (κ2) is 9.72. The second-order valence-corrected chi connectivity index (χ2v) is 7.11. The van der Waals surface area contributed by atoms with E-state index in [-0.39, 0.29) is 19.8 Å². The maximum atomic E-state index is 12.8. The summed E-state index contributed by atoms with van der Waals surface area (Å²) in [5, 5.41) is 9.31. The minimum absolute atomic E-state index is 0.0958. The van der Waals surface area contributed by atoms with E-state index in [2.05, 4.69) is 0 Å². The molecule has 0 aromatic heterocycles. The van der Waals surface area contributed by atoms with Crippen LogP contribution < -0.4 is 0 Å². The van der Waals surface area contributed by atoms with Crippen molar-refractivity contribution in [3.8, 4) is 0 Å². The fraction of sp³-hybridized carbons (Fsp3) is 0.333. The Morgan fingerprint density at radius 3 is 1.75 bits per heavy atom.